The first-order chi connectivity index (χ1) is 13.8. The fourth-order valence-electron chi connectivity index (χ4n) is 3.86. The highest BCUT2D eigenvalue weighted by atomic mass is 16.5. The highest BCUT2D eigenvalue weighted by Gasteiger charge is 2.46. The summed E-state index contributed by atoms with van der Waals surface area (Å²) in [5, 5.41) is 33.8. The second-order valence-corrected chi connectivity index (χ2v) is 8.59. The number of nitrogens with one attached hydrogen (secondary N) is 1. The average Bonchev–Trinajstić information content (AvgIpc) is 2.68. The Kier molecular flexibility index (Phi) is 9.49. The quantitative estimate of drug-likeness (QED) is 0.204. The summed E-state index contributed by atoms with van der Waals surface area (Å²) in [5.74, 6) is -1.74. The first-order valence-corrected chi connectivity index (χ1v) is 10.9. The Balaban J connectivity index is 2.05. The van der Waals surface area contributed by atoms with Crippen molar-refractivity contribution >= 4 is 0 Å². The van der Waals surface area contributed by atoms with Gasteiger partial charge in [-0.15, -0.1) is 0 Å². The minimum atomic E-state index is -1.74. The normalized spacial score (nSPS) is 26.6. The molecule has 1 aliphatic rings. The zero-order valence-electron chi connectivity index (χ0n) is 18.0. The molecule has 2 rings (SSSR count). The summed E-state index contributed by atoms with van der Waals surface area (Å²) < 4.78 is 5.72. The molecule has 1 saturated heterocycles. The predicted molar refractivity (Wildman–Crippen MR) is 113 cm³/mol. The standard InChI is InChI=1S/C22H40N3O4/c1-3-4-5-6-7-11-14-25(2,16-18-12-9-8-10-13-18)22(23,28)24-21-15-19(26)20(27)17-29-21/h8-10,12-13,19-21,24,26-28H,3-7,11,14-17,23H2,1-2H3/q+1. The van der Waals surface area contributed by atoms with Gasteiger partial charge in [-0.3, -0.25) is 4.48 Å². The highest BCUT2D eigenvalue weighted by molar-refractivity contribution is 5.13. The van der Waals surface area contributed by atoms with Crippen molar-refractivity contribution in [3.05, 3.63) is 35.9 Å². The number of hydrogen-bond acceptors (Lipinski definition) is 6. The van der Waals surface area contributed by atoms with Gasteiger partial charge in [0.15, 0.2) is 0 Å². The van der Waals surface area contributed by atoms with Crippen LogP contribution in [0.2, 0.25) is 0 Å². The van der Waals surface area contributed by atoms with Crippen LogP contribution in [0.1, 0.15) is 57.4 Å². The van der Waals surface area contributed by atoms with Crippen LogP contribution in [0.25, 0.3) is 0 Å². The van der Waals surface area contributed by atoms with E-state index < -0.39 is 24.4 Å². The first-order valence-electron chi connectivity index (χ1n) is 10.9. The summed E-state index contributed by atoms with van der Waals surface area (Å²) in [6, 6.07) is 10.00. The monoisotopic (exact) mass is 410 g/mol. The molecule has 0 radical (unpaired) electrons. The minimum absolute atomic E-state index is 0.00867. The van der Waals surface area contributed by atoms with Crippen molar-refractivity contribution in [1.82, 2.24) is 5.32 Å². The van der Waals surface area contributed by atoms with Gasteiger partial charge in [0.05, 0.1) is 26.3 Å². The van der Waals surface area contributed by atoms with Crippen molar-refractivity contribution in [3.63, 3.8) is 0 Å². The molecule has 0 aliphatic carbocycles. The minimum Gasteiger partial charge on any atom is -0.390 e. The molecule has 0 spiro atoms. The third-order valence-corrected chi connectivity index (χ3v) is 5.94. The number of aliphatic hydroxyl groups is 3. The molecule has 0 saturated carbocycles. The number of unbranched alkanes of at least 4 members (excludes halogenated alkanes) is 5. The van der Waals surface area contributed by atoms with Crippen LogP contribution in [-0.2, 0) is 11.3 Å². The number of ether oxygens (including phenoxy) is 1. The number of rotatable bonds is 12. The van der Waals surface area contributed by atoms with E-state index in [9.17, 15) is 15.3 Å². The topological polar surface area (TPSA) is 108 Å². The van der Waals surface area contributed by atoms with Crippen molar-refractivity contribution in [1.29, 1.82) is 0 Å². The van der Waals surface area contributed by atoms with Gasteiger partial charge in [0.2, 0.25) is 0 Å². The molecule has 0 bridgehead atoms. The fourth-order valence-corrected chi connectivity index (χ4v) is 3.86. The third-order valence-electron chi connectivity index (χ3n) is 5.94. The summed E-state index contributed by atoms with van der Waals surface area (Å²) in [4.78, 5) is 0. The molecule has 1 fully saturated rings. The van der Waals surface area contributed by atoms with Gasteiger partial charge in [-0.2, -0.15) is 5.32 Å². The summed E-state index contributed by atoms with van der Waals surface area (Å²) in [7, 11) is 1.94. The molecule has 6 N–H and O–H groups in total. The molecule has 7 heteroatoms. The Bertz CT molecular complexity index is 587. The van der Waals surface area contributed by atoms with Gasteiger partial charge in [0.1, 0.15) is 18.9 Å². The molecule has 0 amide bonds. The van der Waals surface area contributed by atoms with Crippen LogP contribution >= 0.6 is 0 Å². The largest absolute Gasteiger partial charge is 0.390 e. The van der Waals surface area contributed by atoms with Crippen LogP contribution in [0.5, 0.6) is 0 Å². The van der Waals surface area contributed by atoms with Gasteiger partial charge >= 0.3 is 5.97 Å². The average molecular weight is 411 g/mol. The van der Waals surface area contributed by atoms with Gasteiger partial charge in [-0.1, -0.05) is 62.9 Å². The zero-order valence-corrected chi connectivity index (χ0v) is 18.0. The molecule has 1 aliphatic heterocycles. The van der Waals surface area contributed by atoms with Gasteiger partial charge in [0, 0.05) is 12.0 Å². The van der Waals surface area contributed by atoms with E-state index in [4.69, 9.17) is 10.5 Å². The van der Waals surface area contributed by atoms with Gasteiger partial charge in [0.25, 0.3) is 0 Å². The van der Waals surface area contributed by atoms with E-state index in [-0.39, 0.29) is 17.5 Å². The maximum absolute atomic E-state index is 11.3. The van der Waals surface area contributed by atoms with Crippen LogP contribution in [-0.4, -0.2) is 64.4 Å². The second kappa shape index (κ2) is 11.4. The Labute approximate surface area is 175 Å². The summed E-state index contributed by atoms with van der Waals surface area (Å²) in [6.07, 6.45) is 4.69. The molecule has 1 heterocycles. The smallest absolute Gasteiger partial charge is 0.325 e. The molecule has 5 unspecified atom stereocenters. The van der Waals surface area contributed by atoms with Gasteiger partial charge in [-0.05, 0) is 12.8 Å². The van der Waals surface area contributed by atoms with Crippen molar-refractivity contribution in [3.8, 4) is 0 Å². The molecular formula is C22H40N3O4+. The Morgan fingerprint density at radius 2 is 1.76 bits per heavy atom. The second-order valence-electron chi connectivity index (χ2n) is 8.59. The number of nitrogens with two attached hydrogens (primary N) is 1. The van der Waals surface area contributed by atoms with Crippen molar-refractivity contribution in [2.24, 2.45) is 5.73 Å². The maximum Gasteiger partial charge on any atom is 0.325 e. The van der Waals surface area contributed by atoms with Crippen LogP contribution < -0.4 is 11.1 Å². The Morgan fingerprint density at radius 1 is 1.10 bits per heavy atom. The molecule has 1 aromatic carbocycles. The van der Waals surface area contributed by atoms with E-state index in [0.29, 0.717) is 13.1 Å². The van der Waals surface area contributed by atoms with Crippen LogP contribution in [0, 0.1) is 0 Å². The maximum atomic E-state index is 11.3. The SMILES string of the molecule is CCCCCCCC[N+](C)(Cc1ccccc1)C(N)(O)NC1CC(O)C(O)CO1. The van der Waals surface area contributed by atoms with Crippen molar-refractivity contribution in [2.75, 3.05) is 20.2 Å². The zero-order chi connectivity index (χ0) is 21.3. The van der Waals surface area contributed by atoms with Crippen LogP contribution in [0.4, 0.5) is 0 Å². The summed E-state index contributed by atoms with van der Waals surface area (Å²) in [5.41, 5.74) is 7.50. The van der Waals surface area contributed by atoms with E-state index in [2.05, 4.69) is 12.2 Å². The molecule has 5 atom stereocenters. The number of quaternary nitrogens is 1. The lowest BCUT2D eigenvalue weighted by molar-refractivity contribution is -1.000. The summed E-state index contributed by atoms with van der Waals surface area (Å²) in [6.45, 7) is 3.48. The lowest BCUT2D eigenvalue weighted by Gasteiger charge is -2.47. The van der Waals surface area contributed by atoms with Crippen LogP contribution in [0.15, 0.2) is 30.3 Å². The Hall–Kier alpha value is -1.06. The molecule has 7 nitrogen and oxygen atoms in total. The van der Waals surface area contributed by atoms with E-state index in [1.807, 2.05) is 37.4 Å². The number of nitrogens with zero attached hydrogens (tertiary/aromatic N) is 1. The van der Waals surface area contributed by atoms with Gasteiger partial charge < -0.3 is 20.1 Å². The predicted octanol–water partition coefficient (Wildman–Crippen LogP) is 1.61. The van der Waals surface area contributed by atoms with E-state index >= 15 is 0 Å². The third kappa shape index (κ3) is 7.29. The first kappa shape index (κ1) is 24.2. The van der Waals surface area contributed by atoms with E-state index in [0.717, 1.165) is 18.4 Å². The number of aliphatic hydroxyl groups excluding tert-OH is 2. The lowest BCUT2D eigenvalue weighted by atomic mass is 10.1. The van der Waals surface area contributed by atoms with Crippen LogP contribution in [0.3, 0.4) is 0 Å². The van der Waals surface area contributed by atoms with Crippen molar-refractivity contribution < 1.29 is 24.5 Å². The Morgan fingerprint density at radius 3 is 2.41 bits per heavy atom. The molecule has 0 aromatic heterocycles. The van der Waals surface area contributed by atoms with E-state index in [1.165, 1.54) is 25.7 Å². The highest BCUT2D eigenvalue weighted by Crippen LogP contribution is 2.23. The molecule has 166 valence electrons. The van der Waals surface area contributed by atoms with Gasteiger partial charge in [-0.25, -0.2) is 5.73 Å². The van der Waals surface area contributed by atoms with E-state index in [1.54, 1.807) is 0 Å². The molecular weight excluding hydrogens is 370 g/mol. The fraction of sp³-hybridized carbons (Fsp3) is 0.727. The molecule has 29 heavy (non-hydrogen) atoms. The number of hydrogen-bond donors (Lipinski definition) is 5. The lowest BCUT2D eigenvalue weighted by Crippen LogP contribution is -2.76. The number of benzene rings is 1. The summed E-state index contributed by atoms with van der Waals surface area (Å²) >= 11 is 0. The van der Waals surface area contributed by atoms with Crippen molar-refractivity contribution in [2.45, 2.75) is 82.8 Å². The molecule has 1 aromatic rings.